The summed E-state index contributed by atoms with van der Waals surface area (Å²) in [5.74, 6) is -0.871. The second-order valence-electron chi connectivity index (χ2n) is 3.15. The molecule has 0 aromatic carbocycles. The van der Waals surface area contributed by atoms with Crippen LogP contribution in [0, 0.1) is 0 Å². The molecule has 0 radical (unpaired) electrons. The highest BCUT2D eigenvalue weighted by atomic mass is 16.5. The van der Waals surface area contributed by atoms with E-state index in [1.165, 1.54) is 0 Å². The Kier molecular flexibility index (Phi) is 3.65. The van der Waals surface area contributed by atoms with Gasteiger partial charge in [-0.25, -0.2) is 0 Å². The summed E-state index contributed by atoms with van der Waals surface area (Å²) in [4.78, 5) is 12.0. The molecule has 13 heavy (non-hydrogen) atoms. The normalized spacial score (nSPS) is 29.4. The highest BCUT2D eigenvalue weighted by Gasteiger charge is 2.32. The van der Waals surface area contributed by atoms with Crippen molar-refractivity contribution < 1.29 is 19.7 Å². The molecule has 0 aliphatic carbocycles. The van der Waals surface area contributed by atoms with Crippen molar-refractivity contribution in [3.05, 3.63) is 0 Å². The number of β-amino-alcohol motifs (C(OH)–C–C–N with tert-alkyl or cyclic N) is 1. The van der Waals surface area contributed by atoms with Crippen LogP contribution in [0.2, 0.25) is 0 Å². The molecule has 1 fully saturated rings. The zero-order valence-corrected chi connectivity index (χ0v) is 7.64. The molecule has 5 nitrogen and oxygen atoms in total. The van der Waals surface area contributed by atoms with E-state index in [0.29, 0.717) is 19.7 Å². The van der Waals surface area contributed by atoms with Crippen molar-refractivity contribution in [1.82, 2.24) is 4.90 Å². The fraction of sp³-hybridized carbons (Fsp3) is 0.875. The molecule has 0 saturated carbocycles. The average Bonchev–Trinajstić information content (AvgIpc) is 2.31. The van der Waals surface area contributed by atoms with E-state index in [0.717, 1.165) is 0 Å². The molecular formula is C8H15NO4. The van der Waals surface area contributed by atoms with Crippen LogP contribution >= 0.6 is 0 Å². The molecule has 0 spiro atoms. The molecule has 1 rings (SSSR count). The van der Waals surface area contributed by atoms with Crippen LogP contribution in [0.4, 0.5) is 0 Å². The minimum absolute atomic E-state index is 0.0271. The first-order valence-corrected chi connectivity index (χ1v) is 4.37. The number of ether oxygens (including phenoxy) is 1. The predicted octanol–water partition coefficient (Wildman–Crippen LogP) is -0.847. The van der Waals surface area contributed by atoms with E-state index in [1.54, 1.807) is 4.90 Å². The third-order valence-electron chi connectivity index (χ3n) is 2.05. The Morgan fingerprint density at radius 3 is 2.85 bits per heavy atom. The van der Waals surface area contributed by atoms with Gasteiger partial charge < -0.3 is 14.9 Å². The second-order valence-corrected chi connectivity index (χ2v) is 3.15. The lowest BCUT2D eigenvalue weighted by atomic mass is 10.3. The van der Waals surface area contributed by atoms with E-state index >= 15 is 0 Å². The summed E-state index contributed by atoms with van der Waals surface area (Å²) < 4.78 is 5.24. The van der Waals surface area contributed by atoms with Gasteiger partial charge in [0.15, 0.2) is 0 Å². The van der Waals surface area contributed by atoms with Crippen molar-refractivity contribution in [1.29, 1.82) is 0 Å². The van der Waals surface area contributed by atoms with Gasteiger partial charge in [-0.1, -0.05) is 0 Å². The van der Waals surface area contributed by atoms with E-state index in [1.807, 2.05) is 6.92 Å². The molecule has 0 amide bonds. The van der Waals surface area contributed by atoms with Crippen LogP contribution in [0.25, 0.3) is 0 Å². The van der Waals surface area contributed by atoms with Crippen LogP contribution in [0.5, 0.6) is 0 Å². The topological polar surface area (TPSA) is 70.0 Å². The van der Waals surface area contributed by atoms with Gasteiger partial charge in [0, 0.05) is 19.7 Å². The fourth-order valence-corrected chi connectivity index (χ4v) is 1.53. The molecule has 0 bridgehead atoms. The van der Waals surface area contributed by atoms with Crippen molar-refractivity contribution in [2.45, 2.75) is 19.1 Å². The maximum absolute atomic E-state index is 10.4. The molecule has 0 aromatic rings. The van der Waals surface area contributed by atoms with Crippen LogP contribution in [-0.4, -0.2) is 59.5 Å². The largest absolute Gasteiger partial charge is 0.480 e. The van der Waals surface area contributed by atoms with Crippen molar-refractivity contribution in [3.63, 3.8) is 0 Å². The third-order valence-corrected chi connectivity index (χ3v) is 2.05. The molecule has 2 N–H and O–H groups in total. The zero-order chi connectivity index (χ0) is 9.84. The smallest absolute Gasteiger partial charge is 0.317 e. The number of aliphatic hydroxyl groups is 1. The highest BCUT2D eigenvalue weighted by molar-refractivity contribution is 5.69. The summed E-state index contributed by atoms with van der Waals surface area (Å²) >= 11 is 0. The van der Waals surface area contributed by atoms with Crippen molar-refractivity contribution >= 4 is 5.97 Å². The second kappa shape index (κ2) is 4.55. The van der Waals surface area contributed by atoms with E-state index in [2.05, 4.69) is 0 Å². The lowest BCUT2D eigenvalue weighted by Gasteiger charge is -2.13. The van der Waals surface area contributed by atoms with E-state index in [-0.39, 0.29) is 12.6 Å². The van der Waals surface area contributed by atoms with Gasteiger partial charge >= 0.3 is 5.97 Å². The van der Waals surface area contributed by atoms with Gasteiger partial charge in [-0.3, -0.25) is 9.69 Å². The maximum atomic E-state index is 10.4. The number of carboxylic acid groups (broad SMARTS) is 1. The van der Waals surface area contributed by atoms with Crippen LogP contribution in [0.3, 0.4) is 0 Å². The number of aliphatic carboxylic acids is 1. The first kappa shape index (κ1) is 10.4. The van der Waals surface area contributed by atoms with Gasteiger partial charge in [-0.15, -0.1) is 0 Å². The summed E-state index contributed by atoms with van der Waals surface area (Å²) in [5.41, 5.74) is 0. The van der Waals surface area contributed by atoms with Crippen molar-refractivity contribution in [3.8, 4) is 0 Å². The minimum Gasteiger partial charge on any atom is -0.480 e. The number of hydrogen-bond acceptors (Lipinski definition) is 4. The molecular weight excluding hydrogens is 174 g/mol. The van der Waals surface area contributed by atoms with Gasteiger partial charge in [0.2, 0.25) is 0 Å². The van der Waals surface area contributed by atoms with Gasteiger partial charge in [-0.05, 0) is 6.92 Å². The van der Waals surface area contributed by atoms with Crippen molar-refractivity contribution in [2.24, 2.45) is 0 Å². The molecule has 0 aromatic heterocycles. The van der Waals surface area contributed by atoms with Crippen LogP contribution < -0.4 is 0 Å². The van der Waals surface area contributed by atoms with Crippen molar-refractivity contribution in [2.75, 3.05) is 26.2 Å². The summed E-state index contributed by atoms with van der Waals surface area (Å²) in [6.45, 7) is 3.26. The standard InChI is InChI=1S/C8H15NO4/c1-2-13-7-4-9(3-6(7)10)5-8(11)12/h6-7,10H,2-5H2,1H3,(H,11,12)/t6-,7+/m0/s1. The average molecular weight is 189 g/mol. The monoisotopic (exact) mass is 189 g/mol. The van der Waals surface area contributed by atoms with Crippen LogP contribution in [0.1, 0.15) is 6.92 Å². The number of carbonyl (C=O) groups is 1. The SMILES string of the molecule is CCO[C@@H]1CN(CC(=O)O)C[C@@H]1O. The maximum Gasteiger partial charge on any atom is 0.317 e. The Hall–Kier alpha value is -0.650. The summed E-state index contributed by atoms with van der Waals surface area (Å²) in [6.07, 6.45) is -0.788. The molecule has 1 aliphatic heterocycles. The van der Waals surface area contributed by atoms with Gasteiger partial charge in [0.1, 0.15) is 0 Å². The molecule has 2 atom stereocenters. The Morgan fingerprint density at radius 1 is 1.62 bits per heavy atom. The molecule has 5 heteroatoms. The Balaban J connectivity index is 2.35. The molecule has 76 valence electrons. The summed E-state index contributed by atoms with van der Waals surface area (Å²) in [7, 11) is 0. The number of nitrogens with zero attached hydrogens (tertiary/aromatic N) is 1. The first-order valence-electron chi connectivity index (χ1n) is 4.37. The molecule has 1 aliphatic rings. The fourth-order valence-electron chi connectivity index (χ4n) is 1.53. The van der Waals surface area contributed by atoms with E-state index in [9.17, 15) is 9.90 Å². The zero-order valence-electron chi connectivity index (χ0n) is 7.64. The number of carboxylic acids is 1. The van der Waals surface area contributed by atoms with Gasteiger partial charge in [-0.2, -0.15) is 0 Å². The lowest BCUT2D eigenvalue weighted by molar-refractivity contribution is -0.138. The Labute approximate surface area is 76.9 Å². The van der Waals surface area contributed by atoms with E-state index < -0.39 is 12.1 Å². The highest BCUT2D eigenvalue weighted by Crippen LogP contribution is 2.12. The Morgan fingerprint density at radius 2 is 2.31 bits per heavy atom. The van der Waals surface area contributed by atoms with Crippen LogP contribution in [0.15, 0.2) is 0 Å². The van der Waals surface area contributed by atoms with Gasteiger partial charge in [0.05, 0.1) is 18.8 Å². The lowest BCUT2D eigenvalue weighted by Crippen LogP contribution is -2.28. The van der Waals surface area contributed by atoms with Crippen LogP contribution in [-0.2, 0) is 9.53 Å². The van der Waals surface area contributed by atoms with E-state index in [4.69, 9.17) is 9.84 Å². The summed E-state index contributed by atoms with van der Waals surface area (Å²) in [5, 5.41) is 18.0. The quantitative estimate of drug-likeness (QED) is 0.603. The van der Waals surface area contributed by atoms with Gasteiger partial charge in [0.25, 0.3) is 0 Å². The molecule has 1 saturated heterocycles. The summed E-state index contributed by atoms with van der Waals surface area (Å²) in [6, 6.07) is 0. The first-order chi connectivity index (χ1) is 6.13. The third kappa shape index (κ3) is 2.95. The number of hydrogen-bond donors (Lipinski definition) is 2. The predicted molar refractivity (Wildman–Crippen MR) is 45.5 cm³/mol. The minimum atomic E-state index is -0.871. The molecule has 1 heterocycles. The number of rotatable bonds is 4. The number of aliphatic hydroxyl groups excluding tert-OH is 1. The molecule has 0 unspecified atom stereocenters. The Bertz CT molecular complexity index is 185. The number of likely N-dealkylation sites (tertiary alicyclic amines) is 1.